The number of methoxy groups -OCH3 is 3. The topological polar surface area (TPSA) is 314 Å². The highest BCUT2D eigenvalue weighted by molar-refractivity contribution is 5.89. The van der Waals surface area contributed by atoms with Crippen LogP contribution in [0.1, 0.15) is 168 Å². The molecule has 20 heteroatoms. The van der Waals surface area contributed by atoms with Gasteiger partial charge in [-0.1, -0.05) is 110 Å². The molecule has 10 N–H and O–H groups in total. The van der Waals surface area contributed by atoms with Gasteiger partial charge in [0.05, 0.1) is 33.3 Å². The summed E-state index contributed by atoms with van der Waals surface area (Å²) in [7, 11) is 3.87. The van der Waals surface area contributed by atoms with Crippen LogP contribution >= 0.6 is 0 Å². The average molecular weight is 1030 g/mol. The first-order chi connectivity index (χ1) is 34.9. The molecule has 0 aromatic rings. The summed E-state index contributed by atoms with van der Waals surface area (Å²) in [6.45, 7) is 5.64. The summed E-state index contributed by atoms with van der Waals surface area (Å²) in [6.07, 6.45) is 23.9. The van der Waals surface area contributed by atoms with Crippen molar-refractivity contribution in [1.29, 1.82) is 0 Å². The van der Waals surface area contributed by atoms with Crippen LogP contribution in [0.25, 0.3) is 0 Å². The monoisotopic (exact) mass is 1030 g/mol. The summed E-state index contributed by atoms with van der Waals surface area (Å²) in [5.74, 6) is -1.84. The van der Waals surface area contributed by atoms with Crippen LogP contribution in [0.5, 0.6) is 0 Å². The highest BCUT2D eigenvalue weighted by atomic mass is 16.5. The largest absolute Gasteiger partial charge is 0.481 e. The zero-order valence-electron chi connectivity index (χ0n) is 44.5. The summed E-state index contributed by atoms with van der Waals surface area (Å²) in [5.41, 5.74) is 11.5. The number of carboxylic acids is 1. The number of nitrogens with one attached hydrogen (secondary N) is 5. The molecule has 5 amide bonds. The van der Waals surface area contributed by atoms with Crippen molar-refractivity contribution in [2.24, 2.45) is 58.8 Å². The van der Waals surface area contributed by atoms with Crippen molar-refractivity contribution in [3.05, 3.63) is 0 Å². The lowest BCUT2D eigenvalue weighted by molar-refractivity contribution is -0.146. The van der Waals surface area contributed by atoms with Crippen molar-refractivity contribution in [2.75, 3.05) is 41.0 Å². The zero-order chi connectivity index (χ0) is 53.9. The summed E-state index contributed by atoms with van der Waals surface area (Å²) in [4.78, 5) is 105. The summed E-state index contributed by atoms with van der Waals surface area (Å²) < 4.78 is 14.0. The van der Waals surface area contributed by atoms with Gasteiger partial charge in [0, 0.05) is 43.3 Å². The van der Waals surface area contributed by atoms with Gasteiger partial charge in [0.25, 0.3) is 0 Å². The van der Waals surface area contributed by atoms with Gasteiger partial charge in [-0.2, -0.15) is 0 Å². The van der Waals surface area contributed by atoms with Crippen LogP contribution in [0.3, 0.4) is 0 Å². The van der Waals surface area contributed by atoms with E-state index in [1.807, 2.05) is 13.8 Å². The van der Waals surface area contributed by atoms with Crippen molar-refractivity contribution in [2.45, 2.75) is 192 Å². The smallest absolute Gasteiger partial charge is 0.328 e. The van der Waals surface area contributed by atoms with E-state index >= 15 is 0 Å². The second-order valence-electron chi connectivity index (χ2n) is 21.3. The predicted octanol–water partition coefficient (Wildman–Crippen LogP) is 3.94. The van der Waals surface area contributed by atoms with Gasteiger partial charge < -0.3 is 57.4 Å². The Labute approximate surface area is 433 Å². The molecule has 20 nitrogen and oxygen atoms in total. The number of rotatable bonds is 20. The third-order valence-electron chi connectivity index (χ3n) is 15.5. The molecule has 3 saturated carbocycles. The highest BCUT2D eigenvalue weighted by Crippen LogP contribution is 2.31. The molecule has 0 aromatic carbocycles. The summed E-state index contributed by atoms with van der Waals surface area (Å²) in [6, 6.07) is -2.88. The molecule has 0 aromatic heterocycles. The van der Waals surface area contributed by atoms with Gasteiger partial charge >= 0.3 is 23.9 Å². The van der Waals surface area contributed by atoms with Gasteiger partial charge in [0.15, 0.2) is 0 Å². The first kappa shape index (κ1) is 62.4. The first-order valence-electron chi connectivity index (χ1n) is 27.3. The fourth-order valence-corrected chi connectivity index (χ4v) is 11.0. The van der Waals surface area contributed by atoms with Gasteiger partial charge in [-0.3, -0.25) is 33.6 Å². The number of nitrogens with two attached hydrogens (primary N) is 2. The SMILES string of the molecule is COC(=O)[C@@H](N)C[C@@H]1CCNC1=O.COC(=O)[C@H](C[C@@H]1CCNC1=O)NC(=O)[C@@H](C)CC1CCCCC1.COC(=O)[C@H](C[C@@H]1CCNC1=O)NC(=O)[C@@H](N)CC1CCCCC1.C[C@H](CC1CCCCC1)C(=O)O. The minimum absolute atomic E-state index is 0.0145. The molecule has 73 heavy (non-hydrogen) atoms. The van der Waals surface area contributed by atoms with Gasteiger partial charge in [0.1, 0.15) is 18.1 Å². The maximum Gasteiger partial charge on any atom is 0.328 e. The molecule has 6 fully saturated rings. The van der Waals surface area contributed by atoms with Gasteiger partial charge in [-0.25, -0.2) is 9.59 Å². The molecule has 0 spiro atoms. The van der Waals surface area contributed by atoms with E-state index in [0.717, 1.165) is 32.1 Å². The number of carbonyl (C=O) groups is 9. The lowest BCUT2D eigenvalue weighted by Gasteiger charge is -2.25. The molecule has 3 aliphatic heterocycles. The van der Waals surface area contributed by atoms with Crippen LogP contribution in [-0.4, -0.2) is 124 Å². The van der Waals surface area contributed by atoms with E-state index in [4.69, 9.17) is 26.0 Å². The molecule has 6 rings (SSSR count). The van der Waals surface area contributed by atoms with E-state index < -0.39 is 48.0 Å². The molecular weight excluding hydrogens is 943 g/mol. The minimum Gasteiger partial charge on any atom is -0.481 e. The number of amides is 5. The zero-order valence-corrected chi connectivity index (χ0v) is 44.5. The number of ether oxygens (including phenoxy) is 3. The van der Waals surface area contributed by atoms with Crippen LogP contribution < -0.4 is 38.1 Å². The first-order valence-corrected chi connectivity index (χ1v) is 27.3. The van der Waals surface area contributed by atoms with Crippen LogP contribution in [0.4, 0.5) is 0 Å². The molecule has 3 aliphatic carbocycles. The van der Waals surface area contributed by atoms with Crippen LogP contribution in [0, 0.1) is 47.3 Å². The second kappa shape index (κ2) is 33.9. The normalized spacial score (nSPS) is 23.7. The van der Waals surface area contributed by atoms with Crippen LogP contribution in [-0.2, 0) is 57.4 Å². The molecule has 9 atom stereocenters. The van der Waals surface area contributed by atoms with E-state index in [0.29, 0.717) is 69.5 Å². The molecule has 416 valence electrons. The Bertz CT molecular complexity index is 1680. The number of hydrogen-bond donors (Lipinski definition) is 8. The van der Waals surface area contributed by atoms with Crippen molar-refractivity contribution in [3.63, 3.8) is 0 Å². The fourth-order valence-electron chi connectivity index (χ4n) is 11.0. The Morgan fingerprint density at radius 3 is 1.16 bits per heavy atom. The summed E-state index contributed by atoms with van der Waals surface area (Å²) >= 11 is 0. The minimum atomic E-state index is -0.825. The predicted molar refractivity (Wildman–Crippen MR) is 273 cm³/mol. The Balaban J connectivity index is 0.000000269. The Morgan fingerprint density at radius 2 is 0.822 bits per heavy atom. The molecule has 0 unspecified atom stereocenters. The van der Waals surface area contributed by atoms with Crippen molar-refractivity contribution >= 4 is 53.4 Å². The van der Waals surface area contributed by atoms with Gasteiger partial charge in [-0.05, 0) is 75.5 Å². The lowest BCUT2D eigenvalue weighted by atomic mass is 9.83. The molecule has 0 bridgehead atoms. The highest BCUT2D eigenvalue weighted by Gasteiger charge is 2.35. The fraction of sp³-hybridized carbons (Fsp3) is 0.830. The number of hydrogen-bond acceptors (Lipinski definition) is 14. The molecule has 3 heterocycles. The quantitative estimate of drug-likeness (QED) is 0.0633. The Hall–Kier alpha value is -4.85. The standard InChI is InChI=1S/C18H30N2O4.C17H29N3O4.C10H18O2.C8H14N2O3/c1-12(10-13-6-4-3-5-7-13)16(21)20-15(18(23)24-2)11-14-8-9-19-17(14)22;1-24-17(23)14(10-12-7-8-19-15(12)21)20-16(22)13(18)9-11-5-3-2-4-6-11;1-8(10(11)12)7-9-5-3-2-4-6-9;1-13-8(12)6(9)4-5-2-3-10-7(5)11/h12-15H,3-11H2,1-2H3,(H,19,22)(H,20,21);11-14H,2-10,18H2,1H3,(H,19,21)(H,20,22);8-9H,2-7H2,1H3,(H,11,12);5-6H,2-4,9H2,1H3,(H,10,11)/t12-,14-,15-;12-,13-,14-;8-;5-,6-/m0010/s1. The van der Waals surface area contributed by atoms with Crippen LogP contribution in [0.15, 0.2) is 0 Å². The maximum absolute atomic E-state index is 12.5. The van der Waals surface area contributed by atoms with E-state index in [-0.39, 0.29) is 65.5 Å². The Morgan fingerprint density at radius 1 is 0.479 bits per heavy atom. The molecule has 6 aliphatic rings. The molecule has 3 saturated heterocycles. The third-order valence-corrected chi connectivity index (χ3v) is 15.5. The second-order valence-corrected chi connectivity index (χ2v) is 21.3. The van der Waals surface area contributed by atoms with Crippen molar-refractivity contribution < 1.29 is 62.5 Å². The van der Waals surface area contributed by atoms with Gasteiger partial charge in [-0.15, -0.1) is 0 Å². The van der Waals surface area contributed by atoms with E-state index in [1.54, 1.807) is 0 Å². The van der Waals surface area contributed by atoms with Crippen LogP contribution in [0.2, 0.25) is 0 Å². The Kier molecular flexibility index (Phi) is 29.0. The van der Waals surface area contributed by atoms with E-state index in [2.05, 4.69) is 31.3 Å². The molecule has 0 radical (unpaired) electrons. The number of carbonyl (C=O) groups excluding carboxylic acids is 8. The third kappa shape index (κ3) is 23.1. The van der Waals surface area contributed by atoms with Crippen molar-refractivity contribution in [1.82, 2.24) is 26.6 Å². The van der Waals surface area contributed by atoms with Crippen molar-refractivity contribution in [3.8, 4) is 0 Å². The number of carboxylic acid groups (broad SMARTS) is 1. The van der Waals surface area contributed by atoms with E-state index in [1.165, 1.54) is 105 Å². The maximum atomic E-state index is 12.5. The lowest BCUT2D eigenvalue weighted by Crippen LogP contribution is -2.50. The average Bonchev–Trinajstić information content (AvgIpc) is 4.13. The van der Waals surface area contributed by atoms with E-state index in [9.17, 15) is 43.2 Å². The molecular formula is C53H91N7O13. The number of aliphatic carboxylic acids is 1. The van der Waals surface area contributed by atoms with Gasteiger partial charge in [0.2, 0.25) is 29.5 Å². The number of esters is 3. The summed E-state index contributed by atoms with van der Waals surface area (Å²) in [5, 5.41) is 22.4.